The first kappa shape index (κ1) is 21.6. The molecule has 0 saturated carbocycles. The summed E-state index contributed by atoms with van der Waals surface area (Å²) < 4.78 is 6.49. The fourth-order valence-electron chi connectivity index (χ4n) is 3.08. The van der Waals surface area contributed by atoms with Crippen LogP contribution in [0.1, 0.15) is 4.88 Å². The number of nitrogens with zero attached hydrogens (tertiary/aromatic N) is 1. The molecule has 0 aliphatic carbocycles. The predicted molar refractivity (Wildman–Crippen MR) is 131 cm³/mol. The highest BCUT2D eigenvalue weighted by Gasteiger charge is 2.13. The van der Waals surface area contributed by atoms with Gasteiger partial charge in [0.2, 0.25) is 0 Å². The van der Waals surface area contributed by atoms with Crippen molar-refractivity contribution in [3.05, 3.63) is 87.2 Å². The van der Waals surface area contributed by atoms with Gasteiger partial charge in [-0.2, -0.15) is 0 Å². The summed E-state index contributed by atoms with van der Waals surface area (Å²) >= 11 is 11.0. The number of halogens is 2. The number of aryl methyl sites for hydroxylation is 1. The molecule has 1 amide bonds. The van der Waals surface area contributed by atoms with Crippen LogP contribution in [0, 0.1) is 6.92 Å². The Hall–Kier alpha value is -2.67. The number of aromatic nitrogens is 1. The molecule has 31 heavy (non-hydrogen) atoms. The smallest absolute Gasteiger partial charge is 0.264 e. The lowest BCUT2D eigenvalue weighted by Crippen LogP contribution is -2.20. The minimum Gasteiger partial charge on any atom is -0.483 e. The van der Waals surface area contributed by atoms with Crippen LogP contribution < -0.4 is 10.1 Å². The number of anilines is 1. The Kier molecular flexibility index (Phi) is 6.70. The van der Waals surface area contributed by atoms with E-state index in [0.717, 1.165) is 31.7 Å². The highest BCUT2D eigenvalue weighted by Crippen LogP contribution is 2.32. The van der Waals surface area contributed by atoms with Crippen molar-refractivity contribution in [2.24, 2.45) is 0 Å². The van der Waals surface area contributed by atoms with E-state index in [9.17, 15) is 4.79 Å². The van der Waals surface area contributed by atoms with Gasteiger partial charge in [-0.3, -0.25) is 10.1 Å². The van der Waals surface area contributed by atoms with E-state index in [1.807, 2.05) is 79.7 Å². The Labute approximate surface area is 198 Å². The van der Waals surface area contributed by atoms with Gasteiger partial charge in [0, 0.05) is 15.5 Å². The molecule has 4 nitrogen and oxygen atoms in total. The monoisotopic (exact) mass is 512 g/mol. The summed E-state index contributed by atoms with van der Waals surface area (Å²) in [6, 6.07) is 23.4. The Morgan fingerprint density at radius 1 is 1.03 bits per heavy atom. The number of carbonyl (C=O) groups is 1. The largest absolute Gasteiger partial charge is 0.483 e. The number of thiazole rings is 1. The number of rotatable bonds is 6. The molecule has 0 fully saturated rings. The number of amides is 1. The molecule has 1 N–H and O–H groups in total. The van der Waals surface area contributed by atoms with Crippen LogP contribution in [0.15, 0.2) is 77.3 Å². The van der Waals surface area contributed by atoms with Crippen molar-refractivity contribution < 1.29 is 9.53 Å². The van der Waals surface area contributed by atoms with Crippen molar-refractivity contribution in [2.45, 2.75) is 6.92 Å². The number of hydrogen-bond acceptors (Lipinski definition) is 4. The van der Waals surface area contributed by atoms with Crippen molar-refractivity contribution in [1.29, 1.82) is 0 Å². The second kappa shape index (κ2) is 9.64. The second-order valence-electron chi connectivity index (χ2n) is 6.78. The maximum atomic E-state index is 12.4. The zero-order valence-electron chi connectivity index (χ0n) is 16.6. The average molecular weight is 514 g/mol. The van der Waals surface area contributed by atoms with Gasteiger partial charge >= 0.3 is 0 Å². The van der Waals surface area contributed by atoms with E-state index in [4.69, 9.17) is 16.3 Å². The Bertz CT molecular complexity index is 1230. The molecular formula is C24H18BrClN2O2S. The molecule has 0 radical (unpaired) electrons. The van der Waals surface area contributed by atoms with Gasteiger partial charge in [-0.05, 0) is 58.2 Å². The van der Waals surface area contributed by atoms with Gasteiger partial charge in [0.05, 0.1) is 10.2 Å². The summed E-state index contributed by atoms with van der Waals surface area (Å²) in [6.45, 7) is 1.85. The maximum absolute atomic E-state index is 12.4. The first-order chi connectivity index (χ1) is 15.0. The van der Waals surface area contributed by atoms with E-state index in [2.05, 4.69) is 26.2 Å². The summed E-state index contributed by atoms with van der Waals surface area (Å²) in [5, 5.41) is 3.98. The zero-order valence-corrected chi connectivity index (χ0v) is 19.7. The third kappa shape index (κ3) is 5.34. The third-order valence-corrected chi connectivity index (χ3v) is 6.28. The molecule has 0 aliphatic heterocycles. The van der Waals surface area contributed by atoms with Gasteiger partial charge in [-0.1, -0.05) is 60.1 Å². The minimum atomic E-state index is -0.273. The summed E-state index contributed by atoms with van der Waals surface area (Å²) in [7, 11) is 0. The summed E-state index contributed by atoms with van der Waals surface area (Å²) in [4.78, 5) is 17.9. The topological polar surface area (TPSA) is 51.2 Å². The van der Waals surface area contributed by atoms with Crippen LogP contribution in [-0.4, -0.2) is 17.5 Å². The van der Waals surface area contributed by atoms with E-state index in [1.54, 1.807) is 0 Å². The first-order valence-corrected chi connectivity index (χ1v) is 11.5. The SMILES string of the molecule is Cc1sc(NC(=O)COc2ccc(-c3ccccc3)cc2Br)nc1-c1cccc(Cl)c1. The van der Waals surface area contributed by atoms with E-state index in [-0.39, 0.29) is 12.5 Å². The summed E-state index contributed by atoms with van der Waals surface area (Å²) in [5.41, 5.74) is 3.90. The van der Waals surface area contributed by atoms with E-state index < -0.39 is 0 Å². The molecule has 0 aliphatic rings. The third-order valence-electron chi connectivity index (χ3n) is 4.54. The lowest BCUT2D eigenvalue weighted by molar-refractivity contribution is -0.118. The molecular weight excluding hydrogens is 496 g/mol. The van der Waals surface area contributed by atoms with Crippen LogP contribution in [0.4, 0.5) is 5.13 Å². The molecule has 4 aromatic rings. The van der Waals surface area contributed by atoms with Gasteiger partial charge in [0.25, 0.3) is 5.91 Å². The molecule has 0 unspecified atom stereocenters. The molecule has 3 aromatic carbocycles. The molecule has 4 rings (SSSR count). The highest BCUT2D eigenvalue weighted by molar-refractivity contribution is 9.10. The van der Waals surface area contributed by atoms with Crippen LogP contribution in [0.25, 0.3) is 22.4 Å². The number of ether oxygens (including phenoxy) is 1. The lowest BCUT2D eigenvalue weighted by atomic mass is 10.1. The molecule has 0 spiro atoms. The predicted octanol–water partition coefficient (Wildman–Crippen LogP) is 7.22. The van der Waals surface area contributed by atoms with Crippen LogP contribution in [0.2, 0.25) is 5.02 Å². The van der Waals surface area contributed by atoms with Gasteiger partial charge in [-0.25, -0.2) is 4.98 Å². The van der Waals surface area contributed by atoms with Gasteiger partial charge in [0.1, 0.15) is 5.75 Å². The molecule has 1 aromatic heterocycles. The van der Waals surface area contributed by atoms with Crippen molar-refractivity contribution in [3.8, 4) is 28.1 Å². The van der Waals surface area contributed by atoms with Crippen LogP contribution >= 0.6 is 38.9 Å². The van der Waals surface area contributed by atoms with Crippen LogP contribution in [0.5, 0.6) is 5.75 Å². The Morgan fingerprint density at radius 3 is 2.55 bits per heavy atom. The summed E-state index contributed by atoms with van der Waals surface area (Å²) in [5.74, 6) is 0.329. The quantitative estimate of drug-likeness (QED) is 0.296. The molecule has 7 heteroatoms. The number of nitrogens with one attached hydrogen (secondary N) is 1. The fraction of sp³-hybridized carbons (Fsp3) is 0.0833. The molecule has 0 saturated heterocycles. The number of benzene rings is 3. The lowest BCUT2D eigenvalue weighted by Gasteiger charge is -2.10. The number of carbonyl (C=O) groups excluding carboxylic acids is 1. The van der Waals surface area contributed by atoms with Crippen molar-refractivity contribution >= 4 is 49.9 Å². The standard InChI is InChI=1S/C24H18BrClN2O2S/c1-15-23(18-8-5-9-19(26)12-18)28-24(31-15)27-22(29)14-30-21-11-10-17(13-20(21)25)16-6-3-2-4-7-16/h2-13H,14H2,1H3,(H,27,28,29). The fourth-order valence-corrected chi connectivity index (χ4v) is 4.62. The van der Waals surface area contributed by atoms with Crippen molar-refractivity contribution in [2.75, 3.05) is 11.9 Å². The van der Waals surface area contributed by atoms with Gasteiger partial charge in [0.15, 0.2) is 11.7 Å². The first-order valence-electron chi connectivity index (χ1n) is 9.50. The second-order valence-corrected chi connectivity index (χ2v) is 9.28. The normalized spacial score (nSPS) is 10.7. The van der Waals surface area contributed by atoms with Crippen molar-refractivity contribution in [3.63, 3.8) is 0 Å². The molecule has 1 heterocycles. The molecule has 0 bridgehead atoms. The maximum Gasteiger partial charge on any atom is 0.264 e. The molecule has 156 valence electrons. The summed E-state index contributed by atoms with van der Waals surface area (Å²) in [6.07, 6.45) is 0. The van der Waals surface area contributed by atoms with E-state index >= 15 is 0 Å². The van der Waals surface area contributed by atoms with E-state index in [0.29, 0.717) is 15.9 Å². The zero-order chi connectivity index (χ0) is 21.8. The highest BCUT2D eigenvalue weighted by atomic mass is 79.9. The van der Waals surface area contributed by atoms with Gasteiger partial charge < -0.3 is 4.74 Å². The van der Waals surface area contributed by atoms with E-state index in [1.165, 1.54) is 11.3 Å². The minimum absolute atomic E-state index is 0.117. The van der Waals surface area contributed by atoms with Crippen LogP contribution in [0.3, 0.4) is 0 Å². The Morgan fingerprint density at radius 2 is 1.81 bits per heavy atom. The Balaban J connectivity index is 1.39. The average Bonchev–Trinajstić information content (AvgIpc) is 3.13. The van der Waals surface area contributed by atoms with Crippen molar-refractivity contribution in [1.82, 2.24) is 4.98 Å². The van der Waals surface area contributed by atoms with Gasteiger partial charge in [-0.15, -0.1) is 11.3 Å². The number of hydrogen-bond donors (Lipinski definition) is 1. The molecule has 0 atom stereocenters. The van der Waals surface area contributed by atoms with Crippen LogP contribution in [-0.2, 0) is 4.79 Å².